The summed E-state index contributed by atoms with van der Waals surface area (Å²) in [6.45, 7) is 12.3. The minimum Gasteiger partial charge on any atom is -0.0756 e. The van der Waals surface area contributed by atoms with Crippen LogP contribution in [0.1, 0.15) is 54.5 Å². The monoisotopic (exact) mass is 284 g/mol. The Balaban J connectivity index is 2.14. The van der Waals surface area contributed by atoms with Gasteiger partial charge in [-0.2, -0.15) is 0 Å². The van der Waals surface area contributed by atoms with Crippen LogP contribution in [0.25, 0.3) is 5.57 Å². The number of fused-ring (bicyclic) bond motifs is 2. The second-order valence-corrected chi connectivity index (χ2v) is 13.2. The molecule has 3 rings (SSSR count). The van der Waals surface area contributed by atoms with Crippen LogP contribution in [0.2, 0.25) is 19.6 Å². The summed E-state index contributed by atoms with van der Waals surface area (Å²) < 4.78 is 0. The van der Waals surface area contributed by atoms with Crippen molar-refractivity contribution in [1.29, 1.82) is 0 Å². The van der Waals surface area contributed by atoms with Gasteiger partial charge in [0, 0.05) is 0 Å². The van der Waals surface area contributed by atoms with Gasteiger partial charge in [0.25, 0.3) is 0 Å². The van der Waals surface area contributed by atoms with Crippen LogP contribution in [0.15, 0.2) is 18.2 Å². The Hall–Kier alpha value is -0.823. The average molecular weight is 285 g/mol. The van der Waals surface area contributed by atoms with Gasteiger partial charge in [-0.1, -0.05) is 51.7 Å². The fraction of sp³-hybridized carbons (Fsp3) is 0.579. The molecule has 0 spiro atoms. The molecule has 0 N–H and O–H groups in total. The lowest BCUT2D eigenvalue weighted by Crippen LogP contribution is -2.28. The van der Waals surface area contributed by atoms with E-state index in [2.05, 4.69) is 51.7 Å². The first-order chi connectivity index (χ1) is 9.41. The third-order valence-electron chi connectivity index (χ3n) is 5.33. The highest BCUT2D eigenvalue weighted by Gasteiger charge is 2.35. The third kappa shape index (κ3) is 2.20. The molecular weight excluding hydrogens is 256 g/mol. The molecule has 0 nitrogen and oxygen atoms in total. The van der Waals surface area contributed by atoms with Crippen LogP contribution in [0.4, 0.5) is 0 Å². The minimum absolute atomic E-state index is 0.703. The zero-order chi connectivity index (χ0) is 14.5. The van der Waals surface area contributed by atoms with Crippen molar-refractivity contribution in [2.24, 2.45) is 5.92 Å². The van der Waals surface area contributed by atoms with E-state index < -0.39 is 8.07 Å². The van der Waals surface area contributed by atoms with Crippen LogP contribution in [-0.2, 0) is 12.8 Å². The number of benzene rings is 1. The van der Waals surface area contributed by atoms with E-state index in [1.54, 1.807) is 27.8 Å². The summed E-state index contributed by atoms with van der Waals surface area (Å²) >= 11 is 0. The molecular formula is C19H28Si. The maximum absolute atomic E-state index is 2.64. The fourth-order valence-electron chi connectivity index (χ4n) is 3.88. The summed E-state index contributed by atoms with van der Waals surface area (Å²) in [5, 5.41) is 0. The summed E-state index contributed by atoms with van der Waals surface area (Å²) in [7, 11) is -1.18. The van der Waals surface area contributed by atoms with Crippen molar-refractivity contribution >= 4 is 13.6 Å². The zero-order valence-electron chi connectivity index (χ0n) is 13.7. The standard InChI is InChI=1S/C19H28Si/c1-6-13(2)16-12-19(20(3,4)5)18-11-15-9-7-8-14(15)10-17(16)18/h10-13,19H,6-9H2,1-5H3. The molecule has 2 aliphatic carbocycles. The van der Waals surface area contributed by atoms with E-state index in [9.17, 15) is 0 Å². The maximum Gasteiger partial charge on any atom is 0.0566 e. The molecule has 0 radical (unpaired) electrons. The van der Waals surface area contributed by atoms with Gasteiger partial charge in [0.2, 0.25) is 0 Å². The van der Waals surface area contributed by atoms with E-state index in [1.807, 2.05) is 0 Å². The number of hydrogen-bond acceptors (Lipinski definition) is 0. The Labute approximate surface area is 125 Å². The lowest BCUT2D eigenvalue weighted by Gasteiger charge is -2.25. The molecule has 2 atom stereocenters. The molecule has 108 valence electrons. The van der Waals surface area contributed by atoms with Gasteiger partial charge < -0.3 is 0 Å². The lowest BCUT2D eigenvalue weighted by molar-refractivity contribution is 0.718. The van der Waals surface area contributed by atoms with E-state index in [1.165, 1.54) is 25.7 Å². The molecule has 1 aromatic rings. The summed E-state index contributed by atoms with van der Waals surface area (Å²) in [5.41, 5.74) is 8.92. The first-order valence-corrected chi connectivity index (χ1v) is 11.9. The van der Waals surface area contributed by atoms with Gasteiger partial charge in [-0.05, 0) is 65.0 Å². The van der Waals surface area contributed by atoms with Crippen molar-refractivity contribution in [3.05, 3.63) is 40.5 Å². The molecule has 0 saturated heterocycles. The average Bonchev–Trinajstić information content (AvgIpc) is 2.97. The summed E-state index contributed by atoms with van der Waals surface area (Å²) in [6.07, 6.45) is 7.85. The van der Waals surface area contributed by atoms with Crippen LogP contribution < -0.4 is 0 Å². The first-order valence-electron chi connectivity index (χ1n) is 8.29. The fourth-order valence-corrected chi connectivity index (χ4v) is 5.73. The predicted molar refractivity (Wildman–Crippen MR) is 92.0 cm³/mol. The largest absolute Gasteiger partial charge is 0.0756 e. The second kappa shape index (κ2) is 4.87. The molecule has 0 aromatic heterocycles. The maximum atomic E-state index is 2.64. The SMILES string of the molecule is CCC(C)C1=CC([Si](C)(C)C)c2cc3c(cc21)CCC3. The lowest BCUT2D eigenvalue weighted by atomic mass is 9.91. The van der Waals surface area contributed by atoms with Gasteiger partial charge in [-0.25, -0.2) is 0 Å². The van der Waals surface area contributed by atoms with Gasteiger partial charge in [0.15, 0.2) is 0 Å². The van der Waals surface area contributed by atoms with Gasteiger partial charge >= 0.3 is 0 Å². The Bertz CT molecular complexity index is 560. The Morgan fingerprint density at radius 2 is 1.80 bits per heavy atom. The number of allylic oxidation sites excluding steroid dienone is 2. The summed E-state index contributed by atoms with van der Waals surface area (Å²) in [5.74, 6) is 0.703. The van der Waals surface area contributed by atoms with Crippen molar-refractivity contribution in [3.8, 4) is 0 Å². The van der Waals surface area contributed by atoms with Crippen LogP contribution in [0.5, 0.6) is 0 Å². The first kappa shape index (κ1) is 14.1. The Kier molecular flexibility index (Phi) is 3.44. The highest BCUT2D eigenvalue weighted by Crippen LogP contribution is 2.46. The highest BCUT2D eigenvalue weighted by atomic mass is 28.3. The van der Waals surface area contributed by atoms with Gasteiger partial charge in [0.05, 0.1) is 8.07 Å². The number of hydrogen-bond donors (Lipinski definition) is 0. The van der Waals surface area contributed by atoms with Crippen molar-refractivity contribution in [3.63, 3.8) is 0 Å². The molecule has 0 bridgehead atoms. The van der Waals surface area contributed by atoms with E-state index >= 15 is 0 Å². The van der Waals surface area contributed by atoms with E-state index in [4.69, 9.17) is 0 Å². The number of rotatable bonds is 3. The molecule has 2 aliphatic rings. The third-order valence-corrected chi connectivity index (χ3v) is 7.68. The predicted octanol–water partition coefficient (Wildman–Crippen LogP) is 5.58. The van der Waals surface area contributed by atoms with Gasteiger partial charge in [-0.15, -0.1) is 0 Å². The number of aryl methyl sites for hydroxylation is 2. The minimum atomic E-state index is -1.18. The highest BCUT2D eigenvalue weighted by molar-refractivity contribution is 6.78. The molecule has 1 aromatic carbocycles. The molecule has 0 aliphatic heterocycles. The van der Waals surface area contributed by atoms with Crippen LogP contribution >= 0.6 is 0 Å². The van der Waals surface area contributed by atoms with Gasteiger partial charge in [-0.3, -0.25) is 0 Å². The molecule has 0 amide bonds. The van der Waals surface area contributed by atoms with Crippen molar-refractivity contribution in [2.75, 3.05) is 0 Å². The molecule has 0 fully saturated rings. The summed E-state index contributed by atoms with van der Waals surface area (Å²) in [6, 6.07) is 5.13. The zero-order valence-corrected chi connectivity index (χ0v) is 14.7. The van der Waals surface area contributed by atoms with Gasteiger partial charge in [0.1, 0.15) is 0 Å². The van der Waals surface area contributed by atoms with Crippen LogP contribution in [-0.4, -0.2) is 8.07 Å². The molecule has 0 heterocycles. The smallest absolute Gasteiger partial charge is 0.0566 e. The molecule has 1 heteroatoms. The molecule has 0 saturated carbocycles. The van der Waals surface area contributed by atoms with Crippen molar-refractivity contribution in [2.45, 2.75) is 64.7 Å². The quantitative estimate of drug-likeness (QED) is 0.636. The topological polar surface area (TPSA) is 0 Å². The van der Waals surface area contributed by atoms with E-state index in [0.29, 0.717) is 5.92 Å². The van der Waals surface area contributed by atoms with E-state index in [0.717, 1.165) is 5.54 Å². The summed E-state index contributed by atoms with van der Waals surface area (Å²) in [4.78, 5) is 0. The Morgan fingerprint density at radius 3 is 2.40 bits per heavy atom. The van der Waals surface area contributed by atoms with Crippen LogP contribution in [0.3, 0.4) is 0 Å². The van der Waals surface area contributed by atoms with Crippen LogP contribution in [0, 0.1) is 5.92 Å². The second-order valence-electron chi connectivity index (χ2n) is 7.84. The van der Waals surface area contributed by atoms with Crippen molar-refractivity contribution < 1.29 is 0 Å². The normalized spacial score (nSPS) is 22.4. The Morgan fingerprint density at radius 1 is 1.15 bits per heavy atom. The molecule has 20 heavy (non-hydrogen) atoms. The van der Waals surface area contributed by atoms with Crippen molar-refractivity contribution in [1.82, 2.24) is 0 Å². The molecule has 2 unspecified atom stereocenters. The van der Waals surface area contributed by atoms with E-state index in [-0.39, 0.29) is 0 Å².